The van der Waals surface area contributed by atoms with Crippen LogP contribution in [0.25, 0.3) is 0 Å². The van der Waals surface area contributed by atoms with Crippen molar-refractivity contribution in [2.75, 3.05) is 32.9 Å². The maximum atomic E-state index is 14.3. The number of hydrogen-bond donors (Lipinski definition) is 1. The lowest BCUT2D eigenvalue weighted by molar-refractivity contribution is -0.274. The molecular weight excluding hydrogens is 272 g/mol. The number of fused-ring (bicyclic) bond motifs is 2. The SMILES string of the molecule is CC(C)(C)OC(=O)N1CC2COCC(CO)(C1)C2(F)F. The lowest BCUT2D eigenvalue weighted by atomic mass is 9.71. The summed E-state index contributed by atoms with van der Waals surface area (Å²) in [7, 11) is 0. The van der Waals surface area contributed by atoms with Gasteiger partial charge in [0.05, 0.1) is 31.2 Å². The van der Waals surface area contributed by atoms with E-state index in [-0.39, 0.29) is 26.3 Å². The summed E-state index contributed by atoms with van der Waals surface area (Å²) in [5.74, 6) is -4.15. The Balaban J connectivity index is 2.19. The lowest BCUT2D eigenvalue weighted by Gasteiger charge is -2.53. The van der Waals surface area contributed by atoms with Crippen molar-refractivity contribution in [2.45, 2.75) is 32.3 Å². The Morgan fingerprint density at radius 3 is 2.70 bits per heavy atom. The minimum Gasteiger partial charge on any atom is -0.444 e. The van der Waals surface area contributed by atoms with Crippen LogP contribution in [0.3, 0.4) is 0 Å². The molecule has 116 valence electrons. The molecule has 2 saturated heterocycles. The Labute approximate surface area is 116 Å². The summed E-state index contributed by atoms with van der Waals surface area (Å²) in [6.07, 6.45) is -0.627. The fourth-order valence-electron chi connectivity index (χ4n) is 2.71. The van der Waals surface area contributed by atoms with Gasteiger partial charge in [-0.1, -0.05) is 0 Å². The van der Waals surface area contributed by atoms with Crippen molar-refractivity contribution in [1.29, 1.82) is 0 Å². The zero-order valence-electron chi connectivity index (χ0n) is 12.0. The van der Waals surface area contributed by atoms with Crippen LogP contribution in [0.4, 0.5) is 13.6 Å². The molecule has 0 saturated carbocycles. The van der Waals surface area contributed by atoms with Gasteiger partial charge in [-0.25, -0.2) is 13.6 Å². The summed E-state index contributed by atoms with van der Waals surface area (Å²) >= 11 is 0. The van der Waals surface area contributed by atoms with Gasteiger partial charge in [-0.2, -0.15) is 0 Å². The van der Waals surface area contributed by atoms with E-state index in [1.807, 2.05) is 0 Å². The van der Waals surface area contributed by atoms with Gasteiger partial charge in [0, 0.05) is 13.1 Å². The first-order valence-electron chi connectivity index (χ1n) is 6.66. The van der Waals surface area contributed by atoms with Crippen LogP contribution in [0.15, 0.2) is 0 Å². The normalized spacial score (nSPS) is 32.9. The Hall–Kier alpha value is -0.950. The molecule has 2 fully saturated rings. The van der Waals surface area contributed by atoms with Gasteiger partial charge in [0.15, 0.2) is 0 Å². The van der Waals surface area contributed by atoms with E-state index in [2.05, 4.69) is 0 Å². The number of carbonyl (C=O) groups excluding carboxylic acids is 1. The number of nitrogens with zero attached hydrogens (tertiary/aromatic N) is 1. The quantitative estimate of drug-likeness (QED) is 0.796. The maximum absolute atomic E-state index is 14.3. The van der Waals surface area contributed by atoms with Gasteiger partial charge in [-0.3, -0.25) is 0 Å². The highest BCUT2D eigenvalue weighted by molar-refractivity contribution is 5.68. The van der Waals surface area contributed by atoms with Gasteiger partial charge in [-0.15, -0.1) is 0 Å². The molecule has 20 heavy (non-hydrogen) atoms. The molecule has 2 bridgehead atoms. The van der Waals surface area contributed by atoms with Crippen LogP contribution in [-0.2, 0) is 9.47 Å². The minimum atomic E-state index is -3.04. The molecule has 0 aromatic heterocycles. The van der Waals surface area contributed by atoms with Crippen LogP contribution >= 0.6 is 0 Å². The number of amides is 1. The number of aliphatic hydroxyl groups excluding tert-OH is 1. The van der Waals surface area contributed by atoms with E-state index in [0.717, 1.165) is 0 Å². The van der Waals surface area contributed by atoms with Crippen LogP contribution in [0.5, 0.6) is 0 Å². The molecule has 2 atom stereocenters. The molecule has 7 heteroatoms. The van der Waals surface area contributed by atoms with E-state index < -0.39 is 35.6 Å². The first-order chi connectivity index (χ1) is 9.11. The van der Waals surface area contributed by atoms with Gasteiger partial charge < -0.3 is 19.5 Å². The number of carbonyl (C=O) groups is 1. The molecule has 2 heterocycles. The zero-order valence-corrected chi connectivity index (χ0v) is 12.0. The van der Waals surface area contributed by atoms with Gasteiger partial charge in [-0.05, 0) is 20.8 Å². The lowest BCUT2D eigenvalue weighted by Crippen LogP contribution is -2.68. The number of hydrogen-bond acceptors (Lipinski definition) is 4. The standard InChI is InChI=1S/C13H21F2NO4/c1-11(2,3)20-10(18)16-4-9-5-19-8-12(6-16,7-17)13(9,14)15/h9,17H,4-8H2,1-3H3. The van der Waals surface area contributed by atoms with E-state index in [4.69, 9.17) is 9.47 Å². The summed E-state index contributed by atoms with van der Waals surface area (Å²) in [5, 5.41) is 9.42. The van der Waals surface area contributed by atoms with E-state index in [1.165, 1.54) is 4.90 Å². The minimum absolute atomic E-state index is 0.117. The van der Waals surface area contributed by atoms with Crippen molar-refractivity contribution in [3.05, 3.63) is 0 Å². The Bertz CT molecular complexity index is 396. The molecule has 0 aromatic carbocycles. The second-order valence-electron chi connectivity index (χ2n) is 6.63. The number of aliphatic hydroxyl groups is 1. The number of ether oxygens (including phenoxy) is 2. The van der Waals surface area contributed by atoms with Crippen molar-refractivity contribution in [1.82, 2.24) is 4.90 Å². The fraction of sp³-hybridized carbons (Fsp3) is 0.923. The second-order valence-corrected chi connectivity index (χ2v) is 6.63. The molecule has 0 aliphatic carbocycles. The monoisotopic (exact) mass is 293 g/mol. The molecule has 2 unspecified atom stereocenters. The molecule has 2 aliphatic heterocycles. The fourth-order valence-corrected chi connectivity index (χ4v) is 2.71. The highest BCUT2D eigenvalue weighted by Gasteiger charge is 2.65. The molecule has 1 amide bonds. The average molecular weight is 293 g/mol. The van der Waals surface area contributed by atoms with Gasteiger partial charge in [0.25, 0.3) is 5.92 Å². The predicted molar refractivity (Wildman–Crippen MR) is 66.6 cm³/mol. The number of alkyl halides is 2. The molecule has 2 rings (SSSR count). The van der Waals surface area contributed by atoms with Crippen LogP contribution in [0, 0.1) is 11.3 Å². The second kappa shape index (κ2) is 4.80. The van der Waals surface area contributed by atoms with Crippen LogP contribution in [0.1, 0.15) is 20.8 Å². The Morgan fingerprint density at radius 1 is 1.50 bits per heavy atom. The highest BCUT2D eigenvalue weighted by Crippen LogP contribution is 2.49. The third kappa shape index (κ3) is 2.48. The third-order valence-electron chi connectivity index (χ3n) is 3.81. The van der Waals surface area contributed by atoms with E-state index in [1.54, 1.807) is 20.8 Å². The molecule has 1 N–H and O–H groups in total. The largest absolute Gasteiger partial charge is 0.444 e. The summed E-state index contributed by atoms with van der Waals surface area (Å²) in [4.78, 5) is 13.3. The van der Waals surface area contributed by atoms with Gasteiger partial charge in [0.1, 0.15) is 5.60 Å². The molecule has 2 aliphatic rings. The van der Waals surface area contributed by atoms with Crippen molar-refractivity contribution < 1.29 is 28.2 Å². The van der Waals surface area contributed by atoms with Crippen molar-refractivity contribution in [3.8, 4) is 0 Å². The van der Waals surface area contributed by atoms with Gasteiger partial charge >= 0.3 is 6.09 Å². The van der Waals surface area contributed by atoms with Crippen molar-refractivity contribution in [2.24, 2.45) is 11.3 Å². The summed E-state index contributed by atoms with van der Waals surface area (Å²) < 4.78 is 39.0. The first-order valence-corrected chi connectivity index (χ1v) is 6.66. The number of piperidine rings is 1. The maximum Gasteiger partial charge on any atom is 0.410 e. The molecule has 5 nitrogen and oxygen atoms in total. The van der Waals surface area contributed by atoms with E-state index in [9.17, 15) is 18.7 Å². The Morgan fingerprint density at radius 2 is 2.15 bits per heavy atom. The number of halogens is 2. The molecule has 0 aromatic rings. The Kier molecular flexibility index (Phi) is 3.71. The number of likely N-dealkylation sites (tertiary alicyclic amines) is 1. The average Bonchev–Trinajstić information content (AvgIpc) is 2.25. The van der Waals surface area contributed by atoms with Crippen LogP contribution in [0.2, 0.25) is 0 Å². The van der Waals surface area contributed by atoms with Gasteiger partial charge in [0.2, 0.25) is 0 Å². The summed E-state index contributed by atoms with van der Waals surface area (Å²) in [6, 6.07) is 0. The molecule has 0 spiro atoms. The predicted octanol–water partition coefficient (Wildman–Crippen LogP) is 1.50. The molecular formula is C13H21F2NO4. The summed E-state index contributed by atoms with van der Waals surface area (Å²) in [5.41, 5.74) is -2.42. The van der Waals surface area contributed by atoms with Crippen LogP contribution in [-0.4, -0.2) is 60.5 Å². The van der Waals surface area contributed by atoms with Crippen LogP contribution < -0.4 is 0 Å². The summed E-state index contributed by atoms with van der Waals surface area (Å²) in [6.45, 7) is 3.67. The molecule has 0 radical (unpaired) electrons. The smallest absolute Gasteiger partial charge is 0.410 e. The van der Waals surface area contributed by atoms with Crippen molar-refractivity contribution in [3.63, 3.8) is 0 Å². The third-order valence-corrected chi connectivity index (χ3v) is 3.81. The van der Waals surface area contributed by atoms with E-state index in [0.29, 0.717) is 0 Å². The zero-order chi connectivity index (χ0) is 15.2. The first kappa shape index (κ1) is 15.4. The topological polar surface area (TPSA) is 59.0 Å². The van der Waals surface area contributed by atoms with E-state index >= 15 is 0 Å². The highest BCUT2D eigenvalue weighted by atomic mass is 19.3. The number of rotatable bonds is 1. The van der Waals surface area contributed by atoms with Crippen molar-refractivity contribution >= 4 is 6.09 Å².